The van der Waals surface area contributed by atoms with E-state index >= 15 is 0 Å². The minimum Gasteiger partial charge on any atom is -0.188 e. The van der Waals surface area contributed by atoms with Crippen LogP contribution in [0.15, 0.2) is 29.2 Å². The lowest BCUT2D eigenvalue weighted by Gasteiger charge is -2.27. The monoisotopic (exact) mass is 277 g/mol. The van der Waals surface area contributed by atoms with E-state index in [1.165, 1.54) is 12.1 Å². The van der Waals surface area contributed by atoms with Crippen molar-refractivity contribution in [2.75, 3.05) is 0 Å². The summed E-state index contributed by atoms with van der Waals surface area (Å²) in [7, 11) is 0. The van der Waals surface area contributed by atoms with E-state index in [1.807, 2.05) is 0 Å². The fraction of sp³-hybridized carbons (Fsp3) is 0.333. The third-order valence-electron chi connectivity index (χ3n) is 1.64. The van der Waals surface area contributed by atoms with Gasteiger partial charge < -0.3 is 0 Å². The molecule has 0 fully saturated rings. The van der Waals surface area contributed by atoms with Crippen LogP contribution in [-0.2, 0) is 0 Å². The van der Waals surface area contributed by atoms with Crippen LogP contribution in [0, 0.1) is 6.07 Å². The van der Waals surface area contributed by atoms with Gasteiger partial charge in [0.05, 0.1) is 0 Å². The Morgan fingerprint density at radius 1 is 0.941 bits per heavy atom. The number of rotatable bonds is 3. The molecule has 0 bridgehead atoms. The number of halogens is 7. The maximum atomic E-state index is 12.9. The highest BCUT2D eigenvalue weighted by Crippen LogP contribution is 2.53. The van der Waals surface area contributed by atoms with Gasteiger partial charge in [-0.05, 0) is 23.9 Å². The molecule has 1 rings (SSSR count). The van der Waals surface area contributed by atoms with Gasteiger partial charge in [0.25, 0.3) is 0 Å². The summed E-state index contributed by atoms with van der Waals surface area (Å²) in [6.07, 6.45) is -6.31. The van der Waals surface area contributed by atoms with Gasteiger partial charge in [0, 0.05) is 4.90 Å². The first-order valence-corrected chi connectivity index (χ1v) is 4.87. The quantitative estimate of drug-likeness (QED) is 0.584. The molecule has 1 radical (unpaired) electrons. The molecule has 0 atom stereocenters. The summed E-state index contributed by atoms with van der Waals surface area (Å²) in [6, 6.07) is 6.81. The number of alkyl halides is 7. The van der Waals surface area contributed by atoms with E-state index < -0.39 is 34.0 Å². The van der Waals surface area contributed by atoms with Crippen molar-refractivity contribution in [3.63, 3.8) is 0 Å². The highest BCUT2D eigenvalue weighted by molar-refractivity contribution is 8.00. The smallest absolute Gasteiger partial charge is 0.188 e. The summed E-state index contributed by atoms with van der Waals surface area (Å²) in [5.74, 6) is -6.10. The molecule has 1 aromatic rings. The molecule has 0 spiro atoms. The topological polar surface area (TPSA) is 0 Å². The Kier molecular flexibility index (Phi) is 3.66. The van der Waals surface area contributed by atoms with E-state index in [0.29, 0.717) is 0 Å². The van der Waals surface area contributed by atoms with E-state index in [0.717, 1.165) is 12.1 Å². The Labute approximate surface area is 95.8 Å². The van der Waals surface area contributed by atoms with Gasteiger partial charge in [-0.3, -0.25) is 0 Å². The summed E-state index contributed by atoms with van der Waals surface area (Å²) < 4.78 is 86.0. The average Bonchev–Trinajstić information content (AvgIpc) is 2.16. The molecule has 0 amide bonds. The number of thioether (sulfide) groups is 1. The maximum Gasteiger partial charge on any atom is 0.460 e. The zero-order chi connectivity index (χ0) is 13.3. The Morgan fingerprint density at radius 2 is 1.53 bits per heavy atom. The molecule has 95 valence electrons. The standard InChI is InChI=1S/C9H4F7S/c10-7(11,8(12,13)14)9(15,16)17-6-4-2-1-3-5-6/h1-4H. The van der Waals surface area contributed by atoms with Gasteiger partial charge in [-0.25, -0.2) is 0 Å². The lowest BCUT2D eigenvalue weighted by atomic mass is 10.3. The van der Waals surface area contributed by atoms with Crippen molar-refractivity contribution in [2.45, 2.75) is 22.2 Å². The van der Waals surface area contributed by atoms with Gasteiger partial charge in [-0.15, -0.1) is 0 Å². The van der Waals surface area contributed by atoms with Gasteiger partial charge >= 0.3 is 17.4 Å². The molecular weight excluding hydrogens is 273 g/mol. The van der Waals surface area contributed by atoms with Gasteiger partial charge in [0.15, 0.2) is 0 Å². The van der Waals surface area contributed by atoms with Crippen molar-refractivity contribution in [3.8, 4) is 0 Å². The summed E-state index contributed by atoms with van der Waals surface area (Å²) in [5, 5.41) is -5.29. The number of hydrogen-bond donors (Lipinski definition) is 0. The summed E-state index contributed by atoms with van der Waals surface area (Å²) in [6.45, 7) is 0. The van der Waals surface area contributed by atoms with Crippen molar-refractivity contribution < 1.29 is 30.7 Å². The molecule has 0 saturated carbocycles. The Balaban J connectivity index is 2.96. The van der Waals surface area contributed by atoms with Crippen LogP contribution in [0.3, 0.4) is 0 Å². The van der Waals surface area contributed by atoms with Crippen molar-refractivity contribution in [3.05, 3.63) is 30.3 Å². The largest absolute Gasteiger partial charge is 0.460 e. The second kappa shape index (κ2) is 4.40. The highest BCUT2D eigenvalue weighted by atomic mass is 32.2. The second-order valence-corrected chi connectivity index (χ2v) is 4.07. The molecule has 8 heteroatoms. The molecule has 0 unspecified atom stereocenters. The maximum absolute atomic E-state index is 12.9. The van der Waals surface area contributed by atoms with E-state index in [-0.39, 0.29) is 0 Å². The van der Waals surface area contributed by atoms with E-state index in [2.05, 4.69) is 6.07 Å². The second-order valence-electron chi connectivity index (χ2n) is 2.92. The zero-order valence-corrected chi connectivity index (χ0v) is 8.68. The first-order chi connectivity index (χ1) is 7.58. The molecule has 0 aliphatic carbocycles. The fourth-order valence-corrected chi connectivity index (χ4v) is 1.60. The van der Waals surface area contributed by atoms with Crippen LogP contribution in [0.1, 0.15) is 0 Å². The van der Waals surface area contributed by atoms with Crippen molar-refractivity contribution in [1.29, 1.82) is 0 Å². The third kappa shape index (κ3) is 2.85. The van der Waals surface area contributed by atoms with Crippen LogP contribution in [0.5, 0.6) is 0 Å². The SMILES string of the molecule is FC(F)(F)C(F)(F)C(F)(F)Sc1[c]cccc1. The van der Waals surface area contributed by atoms with Crippen LogP contribution in [0.4, 0.5) is 30.7 Å². The minimum atomic E-state index is -6.31. The molecule has 0 N–H and O–H groups in total. The molecule has 0 aromatic heterocycles. The van der Waals surface area contributed by atoms with Crippen LogP contribution < -0.4 is 0 Å². The summed E-state index contributed by atoms with van der Waals surface area (Å²) in [5.41, 5.74) is 0. The molecule has 17 heavy (non-hydrogen) atoms. The van der Waals surface area contributed by atoms with Gasteiger partial charge in [0.1, 0.15) is 0 Å². The molecular formula is C9H4F7S. The predicted octanol–water partition coefficient (Wildman–Crippen LogP) is 4.37. The Hall–Kier alpha value is -0.920. The first-order valence-electron chi connectivity index (χ1n) is 4.06. The van der Waals surface area contributed by atoms with E-state index in [1.54, 1.807) is 0 Å². The lowest BCUT2D eigenvalue weighted by Crippen LogP contribution is -2.49. The van der Waals surface area contributed by atoms with Crippen molar-refractivity contribution in [1.82, 2.24) is 0 Å². The van der Waals surface area contributed by atoms with Crippen molar-refractivity contribution >= 4 is 11.8 Å². The average molecular weight is 277 g/mol. The lowest BCUT2D eigenvalue weighted by molar-refractivity contribution is -0.330. The molecule has 0 nitrogen and oxygen atoms in total. The Morgan fingerprint density at radius 3 is 1.94 bits per heavy atom. The van der Waals surface area contributed by atoms with Gasteiger partial charge in [-0.1, -0.05) is 18.2 Å². The molecule has 0 aliphatic rings. The van der Waals surface area contributed by atoms with E-state index in [4.69, 9.17) is 0 Å². The van der Waals surface area contributed by atoms with E-state index in [9.17, 15) is 30.7 Å². The van der Waals surface area contributed by atoms with Crippen LogP contribution in [-0.4, -0.2) is 17.4 Å². The van der Waals surface area contributed by atoms with Crippen molar-refractivity contribution in [2.24, 2.45) is 0 Å². The highest BCUT2D eigenvalue weighted by Gasteiger charge is 2.73. The zero-order valence-electron chi connectivity index (χ0n) is 7.86. The van der Waals surface area contributed by atoms with Crippen LogP contribution in [0.2, 0.25) is 0 Å². The number of hydrogen-bond acceptors (Lipinski definition) is 1. The third-order valence-corrected chi connectivity index (χ3v) is 2.63. The predicted molar refractivity (Wildman–Crippen MR) is 47.1 cm³/mol. The normalized spacial score (nSPS) is 13.8. The fourth-order valence-electron chi connectivity index (χ4n) is 0.808. The van der Waals surface area contributed by atoms with Crippen LogP contribution >= 0.6 is 11.8 Å². The van der Waals surface area contributed by atoms with Gasteiger partial charge in [-0.2, -0.15) is 30.7 Å². The number of benzene rings is 1. The van der Waals surface area contributed by atoms with Crippen LogP contribution in [0.25, 0.3) is 0 Å². The summed E-state index contributed by atoms with van der Waals surface area (Å²) in [4.78, 5) is -0.499. The first kappa shape index (κ1) is 14.1. The van der Waals surface area contributed by atoms with Gasteiger partial charge in [0.2, 0.25) is 0 Å². The Bertz CT molecular complexity index is 371. The molecule has 0 heterocycles. The molecule has 1 aromatic carbocycles. The molecule has 0 aliphatic heterocycles. The summed E-state index contributed by atoms with van der Waals surface area (Å²) >= 11 is -0.879. The minimum absolute atomic E-state index is 0.499. The molecule has 0 saturated heterocycles.